The van der Waals surface area contributed by atoms with Gasteiger partial charge >= 0.3 is 0 Å². The number of benzene rings is 1. The number of hydrogen-bond donors (Lipinski definition) is 2. The van der Waals surface area contributed by atoms with E-state index in [1.165, 1.54) is 11.1 Å². The molecule has 4 nitrogen and oxygen atoms in total. The summed E-state index contributed by atoms with van der Waals surface area (Å²) in [6.07, 6.45) is 2.05. The van der Waals surface area contributed by atoms with Gasteiger partial charge in [-0.2, -0.15) is 0 Å². The van der Waals surface area contributed by atoms with Crippen LogP contribution in [0.4, 0.5) is 0 Å². The summed E-state index contributed by atoms with van der Waals surface area (Å²) >= 11 is 3.63. The van der Waals surface area contributed by atoms with Crippen molar-refractivity contribution in [3.8, 4) is 0 Å². The highest BCUT2D eigenvalue weighted by Gasteiger charge is 2.25. The van der Waals surface area contributed by atoms with Crippen LogP contribution in [0, 0.1) is 12.8 Å². The molecule has 3 N–H and O–H groups in total. The van der Waals surface area contributed by atoms with E-state index >= 15 is 0 Å². The summed E-state index contributed by atoms with van der Waals surface area (Å²) in [7, 11) is 0. The van der Waals surface area contributed by atoms with Crippen LogP contribution < -0.4 is 11.1 Å². The molecule has 1 saturated heterocycles. The number of carbonyl (C=O) groups excluding carboxylic acids is 1. The Hall–Kier alpha value is -0.620. The lowest BCUT2D eigenvalue weighted by Crippen LogP contribution is -2.43. The molecule has 1 aliphatic rings. The molecule has 1 aromatic rings. The second-order valence-corrected chi connectivity index (χ2v) is 6.60. The first-order chi connectivity index (χ1) is 10.1. The molecule has 1 atom stereocenters. The highest BCUT2D eigenvalue weighted by molar-refractivity contribution is 9.10. The monoisotopic (exact) mass is 389 g/mol. The predicted molar refractivity (Wildman–Crippen MR) is 96.2 cm³/mol. The van der Waals surface area contributed by atoms with E-state index in [0.717, 1.165) is 36.9 Å². The molecule has 0 aliphatic carbocycles. The molecule has 1 aromatic carbocycles. The largest absolute Gasteiger partial charge is 0.355 e. The number of hydrogen-bond acceptors (Lipinski definition) is 3. The molecule has 6 heteroatoms. The van der Waals surface area contributed by atoms with Crippen LogP contribution in [0.2, 0.25) is 0 Å². The first kappa shape index (κ1) is 19.4. The summed E-state index contributed by atoms with van der Waals surface area (Å²) < 4.78 is 1.15. The molecule has 1 fully saturated rings. The number of amides is 1. The fourth-order valence-electron chi connectivity index (χ4n) is 2.77. The zero-order chi connectivity index (χ0) is 15.2. The van der Waals surface area contributed by atoms with Gasteiger partial charge in [-0.3, -0.25) is 9.69 Å². The third-order valence-electron chi connectivity index (χ3n) is 3.92. The summed E-state index contributed by atoms with van der Waals surface area (Å²) in [5.74, 6) is 0.239. The Balaban J connectivity index is 0.00000242. The highest BCUT2D eigenvalue weighted by atomic mass is 79.9. The highest BCUT2D eigenvalue weighted by Crippen LogP contribution is 2.23. The van der Waals surface area contributed by atoms with Gasteiger partial charge in [-0.15, -0.1) is 12.4 Å². The van der Waals surface area contributed by atoms with E-state index < -0.39 is 0 Å². The Morgan fingerprint density at radius 2 is 2.27 bits per heavy atom. The van der Waals surface area contributed by atoms with Gasteiger partial charge in [-0.05, 0) is 43.5 Å². The average Bonchev–Trinajstić information content (AvgIpc) is 2.48. The van der Waals surface area contributed by atoms with Crippen LogP contribution in [0.15, 0.2) is 22.7 Å². The molecular weight excluding hydrogens is 366 g/mol. The van der Waals surface area contributed by atoms with E-state index in [1.807, 2.05) is 0 Å². The standard InChI is InChI=1S/C16H24BrN3O.ClH/c1-12-4-5-13(15(17)9-12)10-20-8-2-3-14(11-20)16(21)19-7-6-18;/h4-5,9,14H,2-3,6-8,10-11,18H2,1H3,(H,19,21);1H. The smallest absolute Gasteiger partial charge is 0.224 e. The SMILES string of the molecule is Cc1ccc(CN2CCCC(C(=O)NCCN)C2)c(Br)c1.Cl. The Labute approximate surface area is 147 Å². The molecule has 22 heavy (non-hydrogen) atoms. The molecule has 2 rings (SSSR count). The minimum Gasteiger partial charge on any atom is -0.355 e. The summed E-state index contributed by atoms with van der Waals surface area (Å²) in [6.45, 7) is 5.93. The Morgan fingerprint density at radius 3 is 2.95 bits per heavy atom. The lowest BCUT2D eigenvalue weighted by atomic mass is 9.96. The molecule has 0 bridgehead atoms. The van der Waals surface area contributed by atoms with Gasteiger partial charge < -0.3 is 11.1 Å². The van der Waals surface area contributed by atoms with Crippen molar-refractivity contribution in [3.05, 3.63) is 33.8 Å². The summed E-state index contributed by atoms with van der Waals surface area (Å²) in [6, 6.07) is 6.44. The van der Waals surface area contributed by atoms with Crippen LogP contribution in [0.3, 0.4) is 0 Å². The van der Waals surface area contributed by atoms with E-state index in [-0.39, 0.29) is 24.2 Å². The first-order valence-corrected chi connectivity index (χ1v) is 8.34. The van der Waals surface area contributed by atoms with Crippen LogP contribution in [0.5, 0.6) is 0 Å². The van der Waals surface area contributed by atoms with Gasteiger partial charge in [-0.1, -0.05) is 28.1 Å². The maximum Gasteiger partial charge on any atom is 0.224 e. The van der Waals surface area contributed by atoms with Gasteiger partial charge in [0.1, 0.15) is 0 Å². The van der Waals surface area contributed by atoms with Gasteiger partial charge in [0.25, 0.3) is 0 Å². The minimum absolute atomic E-state index is 0. The van der Waals surface area contributed by atoms with Gasteiger partial charge in [-0.25, -0.2) is 0 Å². The van der Waals surface area contributed by atoms with E-state index in [4.69, 9.17) is 5.73 Å². The number of aryl methyl sites for hydroxylation is 1. The normalized spacial score (nSPS) is 18.6. The number of nitrogens with zero attached hydrogens (tertiary/aromatic N) is 1. The third kappa shape index (κ3) is 5.54. The number of likely N-dealkylation sites (tertiary alicyclic amines) is 1. The first-order valence-electron chi connectivity index (χ1n) is 7.55. The van der Waals surface area contributed by atoms with E-state index in [0.29, 0.717) is 13.1 Å². The van der Waals surface area contributed by atoms with Crippen molar-refractivity contribution >= 4 is 34.2 Å². The summed E-state index contributed by atoms with van der Waals surface area (Å²) in [5, 5.41) is 2.91. The van der Waals surface area contributed by atoms with Crippen molar-refractivity contribution in [1.29, 1.82) is 0 Å². The van der Waals surface area contributed by atoms with Crippen molar-refractivity contribution in [2.24, 2.45) is 11.7 Å². The number of rotatable bonds is 5. The van der Waals surface area contributed by atoms with Crippen molar-refractivity contribution in [2.75, 3.05) is 26.2 Å². The van der Waals surface area contributed by atoms with Gasteiger partial charge in [0.2, 0.25) is 5.91 Å². The van der Waals surface area contributed by atoms with Crippen LogP contribution in [0.25, 0.3) is 0 Å². The Bertz CT molecular complexity index is 498. The second-order valence-electron chi connectivity index (χ2n) is 5.75. The van der Waals surface area contributed by atoms with Gasteiger partial charge in [0.05, 0.1) is 5.92 Å². The third-order valence-corrected chi connectivity index (χ3v) is 4.66. The summed E-state index contributed by atoms with van der Waals surface area (Å²) in [5.41, 5.74) is 7.97. The second kappa shape index (κ2) is 9.50. The fraction of sp³-hybridized carbons (Fsp3) is 0.562. The molecule has 1 heterocycles. The number of nitrogens with one attached hydrogen (secondary N) is 1. The predicted octanol–water partition coefficient (Wildman–Crippen LogP) is 2.47. The van der Waals surface area contributed by atoms with E-state index in [9.17, 15) is 4.79 Å². The Kier molecular flexibility index (Phi) is 8.39. The molecule has 1 amide bonds. The number of carbonyl (C=O) groups is 1. The van der Waals surface area contributed by atoms with E-state index in [2.05, 4.69) is 51.3 Å². The van der Waals surface area contributed by atoms with Crippen molar-refractivity contribution in [3.63, 3.8) is 0 Å². The molecular formula is C16H25BrClN3O. The zero-order valence-corrected chi connectivity index (χ0v) is 15.4. The summed E-state index contributed by atoms with van der Waals surface area (Å²) in [4.78, 5) is 14.4. The van der Waals surface area contributed by atoms with Crippen LogP contribution in [-0.4, -0.2) is 37.0 Å². The average molecular weight is 391 g/mol. The van der Waals surface area contributed by atoms with Gasteiger partial charge in [0.15, 0.2) is 0 Å². The Morgan fingerprint density at radius 1 is 1.50 bits per heavy atom. The van der Waals surface area contributed by atoms with Crippen molar-refractivity contribution in [2.45, 2.75) is 26.3 Å². The van der Waals surface area contributed by atoms with Crippen LogP contribution >= 0.6 is 28.3 Å². The number of halogens is 2. The maximum atomic E-state index is 12.1. The van der Waals surface area contributed by atoms with Crippen LogP contribution in [-0.2, 0) is 11.3 Å². The molecule has 1 aliphatic heterocycles. The number of nitrogens with two attached hydrogens (primary N) is 1. The molecule has 0 aromatic heterocycles. The fourth-order valence-corrected chi connectivity index (χ4v) is 3.39. The molecule has 0 spiro atoms. The topological polar surface area (TPSA) is 58.4 Å². The molecule has 124 valence electrons. The quantitative estimate of drug-likeness (QED) is 0.812. The van der Waals surface area contributed by atoms with E-state index in [1.54, 1.807) is 0 Å². The van der Waals surface area contributed by atoms with Crippen molar-refractivity contribution in [1.82, 2.24) is 10.2 Å². The molecule has 0 saturated carbocycles. The maximum absolute atomic E-state index is 12.1. The number of piperidine rings is 1. The lowest BCUT2D eigenvalue weighted by molar-refractivity contribution is -0.126. The van der Waals surface area contributed by atoms with Crippen LogP contribution in [0.1, 0.15) is 24.0 Å². The van der Waals surface area contributed by atoms with Gasteiger partial charge in [0, 0.05) is 30.7 Å². The molecule has 0 radical (unpaired) electrons. The zero-order valence-electron chi connectivity index (χ0n) is 13.0. The van der Waals surface area contributed by atoms with Crippen molar-refractivity contribution < 1.29 is 4.79 Å². The molecule has 1 unspecified atom stereocenters. The minimum atomic E-state index is 0. The lowest BCUT2D eigenvalue weighted by Gasteiger charge is -2.32.